The summed E-state index contributed by atoms with van der Waals surface area (Å²) >= 11 is 0. The number of hydrogen-bond acceptors (Lipinski definition) is 1. The number of unbranched alkanes of at least 4 members (excludes halogenated alkanes) is 2. The van der Waals surface area contributed by atoms with E-state index in [9.17, 15) is 0 Å². The SMILES string of the molecule is CCCCC1(OC2(CCCC)CC2)CC1. The Morgan fingerprint density at radius 2 is 1.20 bits per heavy atom. The summed E-state index contributed by atoms with van der Waals surface area (Å²) in [7, 11) is 0. The minimum absolute atomic E-state index is 0.347. The Labute approximate surface area is 94.6 Å². The van der Waals surface area contributed by atoms with Crippen LogP contribution in [0.5, 0.6) is 0 Å². The molecule has 2 aliphatic carbocycles. The van der Waals surface area contributed by atoms with Gasteiger partial charge in [-0.25, -0.2) is 0 Å². The van der Waals surface area contributed by atoms with E-state index >= 15 is 0 Å². The minimum Gasteiger partial charge on any atom is -0.369 e. The van der Waals surface area contributed by atoms with Crippen molar-refractivity contribution in [1.29, 1.82) is 0 Å². The molecule has 0 aromatic carbocycles. The van der Waals surface area contributed by atoms with E-state index in [0.717, 1.165) is 0 Å². The van der Waals surface area contributed by atoms with Crippen molar-refractivity contribution in [3.63, 3.8) is 0 Å². The van der Waals surface area contributed by atoms with E-state index in [4.69, 9.17) is 4.74 Å². The van der Waals surface area contributed by atoms with E-state index in [2.05, 4.69) is 13.8 Å². The third-order valence-corrected chi connectivity index (χ3v) is 4.02. The van der Waals surface area contributed by atoms with Gasteiger partial charge in [0.25, 0.3) is 0 Å². The maximum Gasteiger partial charge on any atom is 0.0692 e. The van der Waals surface area contributed by atoms with Crippen molar-refractivity contribution in [2.24, 2.45) is 0 Å². The van der Waals surface area contributed by atoms with Crippen molar-refractivity contribution in [2.75, 3.05) is 0 Å². The first-order valence-electron chi connectivity index (χ1n) is 6.94. The first kappa shape index (κ1) is 11.4. The molecule has 0 N–H and O–H groups in total. The van der Waals surface area contributed by atoms with Gasteiger partial charge in [0.1, 0.15) is 0 Å². The smallest absolute Gasteiger partial charge is 0.0692 e. The second-order valence-electron chi connectivity index (χ2n) is 5.68. The highest BCUT2D eigenvalue weighted by molar-refractivity contribution is 5.04. The van der Waals surface area contributed by atoms with Crippen LogP contribution in [0.4, 0.5) is 0 Å². The third-order valence-electron chi connectivity index (χ3n) is 4.02. The lowest BCUT2D eigenvalue weighted by molar-refractivity contribution is -0.0574. The monoisotopic (exact) mass is 210 g/mol. The molecule has 0 aromatic heterocycles. The zero-order chi connectivity index (χ0) is 10.8. The molecule has 0 radical (unpaired) electrons. The maximum absolute atomic E-state index is 6.45. The Balaban J connectivity index is 1.75. The molecule has 0 aromatic rings. The molecular weight excluding hydrogens is 184 g/mol. The fourth-order valence-electron chi connectivity index (χ4n) is 2.54. The van der Waals surface area contributed by atoms with Gasteiger partial charge in [0, 0.05) is 0 Å². The molecule has 2 saturated carbocycles. The number of hydrogen-bond donors (Lipinski definition) is 0. The summed E-state index contributed by atoms with van der Waals surface area (Å²) in [6.07, 6.45) is 13.3. The van der Waals surface area contributed by atoms with E-state index in [0.29, 0.717) is 11.2 Å². The normalized spacial score (nSPS) is 25.2. The molecule has 0 amide bonds. The van der Waals surface area contributed by atoms with E-state index < -0.39 is 0 Å². The van der Waals surface area contributed by atoms with Gasteiger partial charge < -0.3 is 4.74 Å². The summed E-state index contributed by atoms with van der Waals surface area (Å²) < 4.78 is 6.45. The molecule has 88 valence electrons. The summed E-state index contributed by atoms with van der Waals surface area (Å²) in [5.41, 5.74) is 0.695. The molecule has 0 unspecified atom stereocenters. The highest BCUT2D eigenvalue weighted by Crippen LogP contribution is 2.54. The molecule has 0 aliphatic heterocycles. The van der Waals surface area contributed by atoms with E-state index in [1.807, 2.05) is 0 Å². The van der Waals surface area contributed by atoms with E-state index in [1.54, 1.807) is 0 Å². The highest BCUT2D eigenvalue weighted by atomic mass is 16.5. The fourth-order valence-corrected chi connectivity index (χ4v) is 2.54. The highest BCUT2D eigenvalue weighted by Gasteiger charge is 2.54. The zero-order valence-corrected chi connectivity index (χ0v) is 10.5. The van der Waals surface area contributed by atoms with Crippen molar-refractivity contribution in [1.82, 2.24) is 0 Å². The predicted molar refractivity (Wildman–Crippen MR) is 64.1 cm³/mol. The van der Waals surface area contributed by atoms with Gasteiger partial charge in [0.2, 0.25) is 0 Å². The lowest BCUT2D eigenvalue weighted by Crippen LogP contribution is -2.25. The fraction of sp³-hybridized carbons (Fsp3) is 1.00. The van der Waals surface area contributed by atoms with Gasteiger partial charge in [-0.2, -0.15) is 0 Å². The van der Waals surface area contributed by atoms with Gasteiger partial charge >= 0.3 is 0 Å². The van der Waals surface area contributed by atoms with Crippen LogP contribution in [0, 0.1) is 0 Å². The van der Waals surface area contributed by atoms with Crippen molar-refractivity contribution in [2.45, 2.75) is 89.3 Å². The standard InChI is InChI=1S/C14H26O/c1-3-5-7-13(9-10-13)15-14(11-12-14)8-6-4-2/h3-12H2,1-2H3. The van der Waals surface area contributed by atoms with Gasteiger partial charge in [-0.15, -0.1) is 0 Å². The topological polar surface area (TPSA) is 9.23 Å². The molecule has 0 spiro atoms. The van der Waals surface area contributed by atoms with Crippen LogP contribution in [0.25, 0.3) is 0 Å². The molecule has 15 heavy (non-hydrogen) atoms. The Morgan fingerprint density at radius 3 is 1.47 bits per heavy atom. The maximum atomic E-state index is 6.45. The van der Waals surface area contributed by atoms with E-state index in [1.165, 1.54) is 64.2 Å². The second-order valence-corrected chi connectivity index (χ2v) is 5.68. The van der Waals surface area contributed by atoms with E-state index in [-0.39, 0.29) is 0 Å². The summed E-state index contributed by atoms with van der Waals surface area (Å²) in [6, 6.07) is 0. The quantitative estimate of drug-likeness (QED) is 0.575. The van der Waals surface area contributed by atoms with Crippen molar-refractivity contribution in [3.8, 4) is 0 Å². The molecule has 0 saturated heterocycles. The second kappa shape index (κ2) is 4.45. The first-order valence-corrected chi connectivity index (χ1v) is 6.94. The van der Waals surface area contributed by atoms with Gasteiger partial charge in [-0.05, 0) is 38.5 Å². The van der Waals surface area contributed by atoms with Gasteiger partial charge in [0.15, 0.2) is 0 Å². The van der Waals surface area contributed by atoms with Crippen molar-refractivity contribution >= 4 is 0 Å². The van der Waals surface area contributed by atoms with Crippen molar-refractivity contribution < 1.29 is 4.74 Å². The summed E-state index contributed by atoms with van der Waals surface area (Å²) in [5, 5.41) is 0. The minimum atomic E-state index is 0.347. The van der Waals surface area contributed by atoms with Crippen LogP contribution in [0.2, 0.25) is 0 Å². The van der Waals surface area contributed by atoms with Crippen molar-refractivity contribution in [3.05, 3.63) is 0 Å². The van der Waals surface area contributed by atoms with Crippen LogP contribution >= 0.6 is 0 Å². The Kier molecular flexibility index (Phi) is 3.39. The molecule has 1 nitrogen and oxygen atoms in total. The van der Waals surface area contributed by atoms with Crippen LogP contribution in [-0.4, -0.2) is 11.2 Å². The zero-order valence-electron chi connectivity index (χ0n) is 10.5. The Morgan fingerprint density at radius 1 is 0.800 bits per heavy atom. The Bertz CT molecular complexity index is 179. The molecule has 2 aliphatic rings. The molecule has 0 heterocycles. The van der Waals surface area contributed by atoms with Crippen LogP contribution in [0.3, 0.4) is 0 Å². The number of ether oxygens (including phenoxy) is 1. The summed E-state index contributed by atoms with van der Waals surface area (Å²) in [5.74, 6) is 0. The largest absolute Gasteiger partial charge is 0.369 e. The molecule has 0 bridgehead atoms. The average molecular weight is 210 g/mol. The lowest BCUT2D eigenvalue weighted by atomic mass is 10.1. The van der Waals surface area contributed by atoms with Crippen LogP contribution < -0.4 is 0 Å². The van der Waals surface area contributed by atoms with Gasteiger partial charge in [0.05, 0.1) is 11.2 Å². The predicted octanol–water partition coefficient (Wildman–Crippen LogP) is 4.45. The average Bonchev–Trinajstić information content (AvgIpc) is 3.14. The van der Waals surface area contributed by atoms with Crippen LogP contribution in [0.15, 0.2) is 0 Å². The molecule has 1 heteroatoms. The molecule has 0 atom stereocenters. The van der Waals surface area contributed by atoms with Crippen LogP contribution in [0.1, 0.15) is 78.1 Å². The molecule has 2 rings (SSSR count). The van der Waals surface area contributed by atoms with Crippen LogP contribution in [-0.2, 0) is 4.74 Å². The van der Waals surface area contributed by atoms with Gasteiger partial charge in [-0.3, -0.25) is 0 Å². The Hall–Kier alpha value is -0.0400. The summed E-state index contributed by atoms with van der Waals surface area (Å²) in [6.45, 7) is 4.56. The first-order chi connectivity index (χ1) is 7.24. The molecule has 2 fully saturated rings. The lowest BCUT2D eigenvalue weighted by Gasteiger charge is -2.24. The number of rotatable bonds is 8. The summed E-state index contributed by atoms with van der Waals surface area (Å²) in [4.78, 5) is 0. The van der Waals surface area contributed by atoms with Gasteiger partial charge in [-0.1, -0.05) is 39.5 Å². The molecular formula is C14H26O. The third kappa shape index (κ3) is 2.96.